The van der Waals surface area contributed by atoms with Crippen molar-refractivity contribution in [1.29, 1.82) is 0 Å². The maximum absolute atomic E-state index is 10.2. The zero-order valence-corrected chi connectivity index (χ0v) is 7.53. The molecule has 0 aliphatic heterocycles. The topological polar surface area (TPSA) is 43.1 Å². The van der Waals surface area contributed by atoms with Crippen LogP contribution in [0, 0.1) is 0 Å². The lowest BCUT2D eigenvalue weighted by Crippen LogP contribution is -1.90. The van der Waals surface area contributed by atoms with Gasteiger partial charge in [0.1, 0.15) is 12.0 Å². The molecule has 13 heavy (non-hydrogen) atoms. The molecule has 0 aromatic carbocycles. The standard InChI is InChI=1S/C10H13NO2/c12-6-5-9-7-11-10(13-9)8-3-1-2-4-8/h6-8H,1-5H2. The van der Waals surface area contributed by atoms with E-state index < -0.39 is 0 Å². The van der Waals surface area contributed by atoms with Gasteiger partial charge >= 0.3 is 0 Å². The van der Waals surface area contributed by atoms with E-state index >= 15 is 0 Å². The third-order valence-corrected chi connectivity index (χ3v) is 2.56. The van der Waals surface area contributed by atoms with Gasteiger partial charge in [-0.3, -0.25) is 0 Å². The van der Waals surface area contributed by atoms with E-state index in [-0.39, 0.29) is 0 Å². The predicted molar refractivity (Wildman–Crippen MR) is 47.5 cm³/mol. The number of carbonyl (C=O) groups excluding carboxylic acids is 1. The van der Waals surface area contributed by atoms with E-state index in [1.807, 2.05) is 0 Å². The summed E-state index contributed by atoms with van der Waals surface area (Å²) in [4.78, 5) is 14.4. The lowest BCUT2D eigenvalue weighted by molar-refractivity contribution is -0.107. The molecule has 1 aromatic rings. The van der Waals surface area contributed by atoms with E-state index in [9.17, 15) is 4.79 Å². The number of hydrogen-bond donors (Lipinski definition) is 0. The third-order valence-electron chi connectivity index (χ3n) is 2.56. The second-order valence-electron chi connectivity index (χ2n) is 3.52. The maximum Gasteiger partial charge on any atom is 0.197 e. The number of aromatic nitrogens is 1. The van der Waals surface area contributed by atoms with Crippen molar-refractivity contribution in [3.8, 4) is 0 Å². The first-order valence-electron chi connectivity index (χ1n) is 4.78. The molecule has 0 saturated heterocycles. The first-order chi connectivity index (χ1) is 6.40. The first-order valence-corrected chi connectivity index (χ1v) is 4.78. The maximum atomic E-state index is 10.2. The highest BCUT2D eigenvalue weighted by Gasteiger charge is 2.21. The summed E-state index contributed by atoms with van der Waals surface area (Å²) < 4.78 is 5.47. The Bertz CT molecular complexity index is 287. The van der Waals surface area contributed by atoms with Gasteiger partial charge in [-0.1, -0.05) is 12.8 Å². The zero-order valence-electron chi connectivity index (χ0n) is 7.53. The van der Waals surface area contributed by atoms with Gasteiger partial charge in [-0.25, -0.2) is 4.98 Å². The minimum atomic E-state index is 0.347. The summed E-state index contributed by atoms with van der Waals surface area (Å²) in [7, 11) is 0. The van der Waals surface area contributed by atoms with Crippen LogP contribution in [-0.2, 0) is 11.2 Å². The summed E-state index contributed by atoms with van der Waals surface area (Å²) in [5.41, 5.74) is 0. The Hall–Kier alpha value is -1.12. The molecular weight excluding hydrogens is 166 g/mol. The molecule has 1 fully saturated rings. The van der Waals surface area contributed by atoms with Crippen LogP contribution in [0.4, 0.5) is 0 Å². The van der Waals surface area contributed by atoms with E-state index in [4.69, 9.17) is 4.42 Å². The number of nitrogens with zero attached hydrogens (tertiary/aromatic N) is 1. The number of carbonyl (C=O) groups is 1. The first kappa shape index (κ1) is 8.48. The highest BCUT2D eigenvalue weighted by atomic mass is 16.4. The SMILES string of the molecule is O=CCc1cnc(C2CCCC2)o1. The molecule has 1 aliphatic carbocycles. The molecule has 3 heteroatoms. The molecule has 70 valence electrons. The van der Waals surface area contributed by atoms with Crippen LogP contribution in [0.5, 0.6) is 0 Å². The molecule has 2 rings (SSSR count). The fourth-order valence-corrected chi connectivity index (χ4v) is 1.86. The van der Waals surface area contributed by atoms with Crippen molar-refractivity contribution >= 4 is 6.29 Å². The quantitative estimate of drug-likeness (QED) is 0.667. The van der Waals surface area contributed by atoms with Crippen LogP contribution in [0.15, 0.2) is 10.6 Å². The van der Waals surface area contributed by atoms with Gasteiger partial charge in [0, 0.05) is 5.92 Å². The molecule has 3 nitrogen and oxygen atoms in total. The Morgan fingerprint density at radius 3 is 3.00 bits per heavy atom. The molecule has 0 amide bonds. The van der Waals surface area contributed by atoms with Crippen molar-refractivity contribution in [1.82, 2.24) is 4.98 Å². The average Bonchev–Trinajstić information content (AvgIpc) is 2.70. The average molecular weight is 179 g/mol. The van der Waals surface area contributed by atoms with Crippen molar-refractivity contribution in [3.05, 3.63) is 17.8 Å². The van der Waals surface area contributed by atoms with Crippen LogP contribution in [0.25, 0.3) is 0 Å². The second-order valence-corrected chi connectivity index (χ2v) is 3.52. The summed E-state index contributed by atoms with van der Waals surface area (Å²) in [5.74, 6) is 2.02. The Balaban J connectivity index is 2.07. The van der Waals surface area contributed by atoms with Gasteiger partial charge in [-0.05, 0) is 12.8 Å². The largest absolute Gasteiger partial charge is 0.445 e. The molecule has 0 radical (unpaired) electrons. The lowest BCUT2D eigenvalue weighted by Gasteiger charge is -2.01. The molecule has 1 saturated carbocycles. The van der Waals surface area contributed by atoms with Gasteiger partial charge in [-0.2, -0.15) is 0 Å². The molecule has 1 heterocycles. The number of hydrogen-bond acceptors (Lipinski definition) is 3. The molecular formula is C10H13NO2. The van der Waals surface area contributed by atoms with E-state index in [1.54, 1.807) is 6.20 Å². The fraction of sp³-hybridized carbons (Fsp3) is 0.600. The van der Waals surface area contributed by atoms with Crippen molar-refractivity contribution in [3.63, 3.8) is 0 Å². The van der Waals surface area contributed by atoms with Crippen LogP contribution in [0.3, 0.4) is 0 Å². The van der Waals surface area contributed by atoms with Gasteiger partial charge in [0.15, 0.2) is 5.89 Å². The molecule has 0 bridgehead atoms. The minimum absolute atomic E-state index is 0.347. The lowest BCUT2D eigenvalue weighted by atomic mass is 10.1. The number of aldehydes is 1. The fourth-order valence-electron chi connectivity index (χ4n) is 1.86. The van der Waals surface area contributed by atoms with E-state index in [1.165, 1.54) is 25.7 Å². The van der Waals surface area contributed by atoms with E-state index in [0.717, 1.165) is 12.2 Å². The van der Waals surface area contributed by atoms with Gasteiger partial charge in [-0.15, -0.1) is 0 Å². The second kappa shape index (κ2) is 3.73. The Morgan fingerprint density at radius 2 is 2.31 bits per heavy atom. The Morgan fingerprint density at radius 1 is 1.54 bits per heavy atom. The Kier molecular flexibility index (Phi) is 2.43. The summed E-state index contributed by atoms with van der Waals surface area (Å²) in [5, 5.41) is 0. The molecule has 1 aliphatic rings. The Labute approximate surface area is 77.2 Å². The van der Waals surface area contributed by atoms with Crippen LogP contribution in [0.2, 0.25) is 0 Å². The van der Waals surface area contributed by atoms with Gasteiger partial charge < -0.3 is 9.21 Å². The van der Waals surface area contributed by atoms with Crippen LogP contribution >= 0.6 is 0 Å². The zero-order chi connectivity index (χ0) is 9.10. The summed E-state index contributed by atoms with van der Waals surface area (Å²) >= 11 is 0. The molecule has 0 spiro atoms. The molecule has 0 N–H and O–H groups in total. The number of rotatable bonds is 3. The summed E-state index contributed by atoms with van der Waals surface area (Å²) in [6.07, 6.45) is 7.77. The minimum Gasteiger partial charge on any atom is -0.445 e. The van der Waals surface area contributed by atoms with Crippen molar-refractivity contribution in [2.75, 3.05) is 0 Å². The van der Waals surface area contributed by atoms with Gasteiger partial charge in [0.05, 0.1) is 12.6 Å². The molecule has 1 aromatic heterocycles. The smallest absolute Gasteiger partial charge is 0.197 e. The van der Waals surface area contributed by atoms with Crippen LogP contribution < -0.4 is 0 Å². The third kappa shape index (κ3) is 1.79. The highest BCUT2D eigenvalue weighted by molar-refractivity contribution is 5.52. The molecule has 0 atom stereocenters. The van der Waals surface area contributed by atoms with E-state index in [0.29, 0.717) is 18.1 Å². The normalized spacial score (nSPS) is 17.8. The van der Waals surface area contributed by atoms with Gasteiger partial charge in [0.25, 0.3) is 0 Å². The summed E-state index contributed by atoms with van der Waals surface area (Å²) in [6.45, 7) is 0. The monoisotopic (exact) mass is 179 g/mol. The van der Waals surface area contributed by atoms with Crippen molar-refractivity contribution in [2.24, 2.45) is 0 Å². The van der Waals surface area contributed by atoms with Crippen molar-refractivity contribution < 1.29 is 9.21 Å². The van der Waals surface area contributed by atoms with Crippen LogP contribution in [0.1, 0.15) is 43.3 Å². The predicted octanol–water partition coefficient (Wildman–Crippen LogP) is 2.07. The summed E-state index contributed by atoms with van der Waals surface area (Å²) in [6, 6.07) is 0. The van der Waals surface area contributed by atoms with Crippen LogP contribution in [-0.4, -0.2) is 11.3 Å². The van der Waals surface area contributed by atoms with Crippen molar-refractivity contribution in [2.45, 2.75) is 38.0 Å². The van der Waals surface area contributed by atoms with Gasteiger partial charge in [0.2, 0.25) is 0 Å². The van der Waals surface area contributed by atoms with E-state index in [2.05, 4.69) is 4.98 Å². The number of oxazole rings is 1. The highest BCUT2D eigenvalue weighted by Crippen LogP contribution is 2.33. The molecule has 0 unspecified atom stereocenters.